The van der Waals surface area contributed by atoms with Crippen LogP contribution in [0, 0.1) is 13.8 Å². The number of hydrogen-bond acceptors (Lipinski definition) is 4. The Bertz CT molecular complexity index is 1190. The fraction of sp³-hybridized carbons (Fsp3) is 0.160. The molecule has 4 aromatic rings. The number of aromatic nitrogens is 2. The van der Waals surface area contributed by atoms with Gasteiger partial charge in [0.2, 0.25) is 5.88 Å². The van der Waals surface area contributed by atoms with Crippen LogP contribution in [0.1, 0.15) is 32.7 Å². The van der Waals surface area contributed by atoms with Crippen molar-refractivity contribution in [3.05, 3.63) is 101 Å². The fourth-order valence-electron chi connectivity index (χ4n) is 3.29. The summed E-state index contributed by atoms with van der Waals surface area (Å²) in [7, 11) is 0. The molecule has 2 heterocycles. The molecule has 0 spiro atoms. The van der Waals surface area contributed by atoms with E-state index in [1.54, 1.807) is 6.20 Å². The van der Waals surface area contributed by atoms with Crippen LogP contribution in [0.15, 0.2) is 72.9 Å². The molecule has 0 atom stereocenters. The monoisotopic (exact) mass is 397 g/mol. The fourth-order valence-corrected chi connectivity index (χ4v) is 3.29. The second-order valence-corrected chi connectivity index (χ2v) is 7.24. The number of carbonyl (C=O) groups is 1. The molecule has 0 saturated heterocycles. The minimum atomic E-state index is -0.166. The van der Waals surface area contributed by atoms with Crippen molar-refractivity contribution in [3.63, 3.8) is 0 Å². The van der Waals surface area contributed by atoms with E-state index in [2.05, 4.69) is 15.3 Å². The number of nitrogens with one attached hydrogen (secondary N) is 1. The Balaban J connectivity index is 1.47. The third kappa shape index (κ3) is 4.46. The molecular formula is C25H23N3O2. The van der Waals surface area contributed by atoms with E-state index < -0.39 is 0 Å². The molecule has 5 nitrogen and oxygen atoms in total. The zero-order valence-electron chi connectivity index (χ0n) is 17.1. The van der Waals surface area contributed by atoms with E-state index in [4.69, 9.17) is 4.74 Å². The Kier molecular flexibility index (Phi) is 5.70. The zero-order valence-corrected chi connectivity index (χ0v) is 17.1. The van der Waals surface area contributed by atoms with Gasteiger partial charge in [-0.1, -0.05) is 48.5 Å². The number of rotatable bonds is 6. The molecule has 0 saturated carbocycles. The van der Waals surface area contributed by atoms with E-state index in [9.17, 15) is 4.79 Å². The molecule has 150 valence electrons. The first kappa shape index (κ1) is 19.6. The van der Waals surface area contributed by atoms with Gasteiger partial charge >= 0.3 is 0 Å². The van der Waals surface area contributed by atoms with Gasteiger partial charge in [-0.15, -0.1) is 0 Å². The molecule has 30 heavy (non-hydrogen) atoms. The molecule has 0 fully saturated rings. The molecule has 4 rings (SSSR count). The normalized spacial score (nSPS) is 10.7. The first-order valence-electron chi connectivity index (χ1n) is 9.87. The third-order valence-corrected chi connectivity index (χ3v) is 4.92. The van der Waals surface area contributed by atoms with Crippen LogP contribution in [0.5, 0.6) is 5.88 Å². The topological polar surface area (TPSA) is 64.1 Å². The number of amides is 1. The molecule has 5 heteroatoms. The molecule has 0 unspecified atom stereocenters. The summed E-state index contributed by atoms with van der Waals surface area (Å²) in [5, 5.41) is 3.92. The number of nitrogens with zero attached hydrogens (tertiary/aromatic N) is 2. The van der Waals surface area contributed by atoms with Crippen LogP contribution in [-0.4, -0.2) is 15.9 Å². The summed E-state index contributed by atoms with van der Waals surface area (Å²) in [4.78, 5) is 21.7. The van der Waals surface area contributed by atoms with Gasteiger partial charge in [0, 0.05) is 23.7 Å². The first-order valence-corrected chi connectivity index (χ1v) is 9.87. The van der Waals surface area contributed by atoms with Crippen molar-refractivity contribution in [2.75, 3.05) is 0 Å². The maximum absolute atomic E-state index is 12.8. The minimum absolute atomic E-state index is 0.166. The number of fused-ring (bicyclic) bond motifs is 1. The van der Waals surface area contributed by atoms with Crippen LogP contribution in [0.4, 0.5) is 0 Å². The Morgan fingerprint density at radius 2 is 1.83 bits per heavy atom. The van der Waals surface area contributed by atoms with Crippen LogP contribution in [-0.2, 0) is 13.2 Å². The highest BCUT2D eigenvalue weighted by Crippen LogP contribution is 2.19. The highest BCUT2D eigenvalue weighted by Gasteiger charge is 2.13. The smallest absolute Gasteiger partial charge is 0.253 e. The van der Waals surface area contributed by atoms with Crippen molar-refractivity contribution in [2.24, 2.45) is 0 Å². The van der Waals surface area contributed by atoms with Crippen LogP contribution < -0.4 is 10.1 Å². The molecule has 0 aliphatic heterocycles. The first-order chi connectivity index (χ1) is 14.6. The predicted octanol–water partition coefficient (Wildman–Crippen LogP) is 4.76. The summed E-state index contributed by atoms with van der Waals surface area (Å²) < 4.78 is 5.88. The lowest BCUT2D eigenvalue weighted by molar-refractivity contribution is 0.0949. The summed E-state index contributed by atoms with van der Waals surface area (Å²) in [5.74, 6) is 0.353. The molecule has 0 radical (unpaired) electrons. The second kappa shape index (κ2) is 8.74. The molecule has 2 aromatic carbocycles. The summed E-state index contributed by atoms with van der Waals surface area (Å²) >= 11 is 0. The maximum Gasteiger partial charge on any atom is 0.253 e. The number of ether oxygens (including phenoxy) is 1. The molecule has 0 aliphatic rings. The zero-order chi connectivity index (χ0) is 20.9. The Labute approximate surface area is 175 Å². The average molecular weight is 397 g/mol. The van der Waals surface area contributed by atoms with Crippen LogP contribution in [0.2, 0.25) is 0 Å². The Morgan fingerprint density at radius 3 is 2.67 bits per heavy atom. The highest BCUT2D eigenvalue weighted by molar-refractivity contribution is 5.98. The largest absolute Gasteiger partial charge is 0.473 e. The lowest BCUT2D eigenvalue weighted by Gasteiger charge is -2.12. The standard InChI is InChI=1S/C25H23N3O2/c1-17-10-11-20-14-22(18(2)28-23(20)13-17)24(29)27-15-21-9-6-12-26-25(21)30-16-19-7-4-3-5-8-19/h3-14H,15-16H2,1-2H3,(H,27,29). The van der Waals surface area contributed by atoms with E-state index >= 15 is 0 Å². The lowest BCUT2D eigenvalue weighted by atomic mass is 10.1. The highest BCUT2D eigenvalue weighted by atomic mass is 16.5. The molecule has 0 bridgehead atoms. The van der Waals surface area contributed by atoms with Crippen molar-refractivity contribution in [1.29, 1.82) is 0 Å². The summed E-state index contributed by atoms with van der Waals surface area (Å²) in [6.45, 7) is 4.63. The van der Waals surface area contributed by atoms with Gasteiger partial charge in [0.25, 0.3) is 5.91 Å². The number of aryl methyl sites for hydroxylation is 2. The Hall–Kier alpha value is -3.73. The molecule has 1 amide bonds. The van der Waals surface area contributed by atoms with Gasteiger partial charge in [-0.3, -0.25) is 9.78 Å². The Morgan fingerprint density at radius 1 is 1.00 bits per heavy atom. The van der Waals surface area contributed by atoms with E-state index in [-0.39, 0.29) is 5.91 Å². The number of pyridine rings is 2. The van der Waals surface area contributed by atoms with Crippen LogP contribution >= 0.6 is 0 Å². The molecular weight excluding hydrogens is 374 g/mol. The van der Waals surface area contributed by atoms with E-state index in [0.29, 0.717) is 30.3 Å². The lowest BCUT2D eigenvalue weighted by Crippen LogP contribution is -2.24. The van der Waals surface area contributed by atoms with Gasteiger partial charge in [0.15, 0.2) is 0 Å². The van der Waals surface area contributed by atoms with Gasteiger partial charge < -0.3 is 10.1 Å². The summed E-state index contributed by atoms with van der Waals surface area (Å²) in [5.41, 5.74) is 5.20. The maximum atomic E-state index is 12.8. The SMILES string of the molecule is Cc1ccc2cc(C(=O)NCc3cccnc3OCc3ccccc3)c(C)nc2c1. The molecule has 0 aliphatic carbocycles. The van der Waals surface area contributed by atoms with Crippen LogP contribution in [0.3, 0.4) is 0 Å². The summed E-state index contributed by atoms with van der Waals surface area (Å²) in [6, 6.07) is 21.6. The van der Waals surface area contributed by atoms with Gasteiger partial charge in [-0.2, -0.15) is 0 Å². The quantitative estimate of drug-likeness (QED) is 0.510. The average Bonchev–Trinajstić information content (AvgIpc) is 2.76. The van der Waals surface area contributed by atoms with Gasteiger partial charge in [-0.25, -0.2) is 4.98 Å². The van der Waals surface area contributed by atoms with Crippen molar-refractivity contribution >= 4 is 16.8 Å². The molecule has 1 N–H and O–H groups in total. The summed E-state index contributed by atoms with van der Waals surface area (Å²) in [6.07, 6.45) is 1.69. The van der Waals surface area contributed by atoms with Crippen molar-refractivity contribution in [1.82, 2.24) is 15.3 Å². The predicted molar refractivity (Wildman–Crippen MR) is 117 cm³/mol. The van der Waals surface area contributed by atoms with Gasteiger partial charge in [-0.05, 0) is 43.2 Å². The second-order valence-electron chi connectivity index (χ2n) is 7.24. The number of benzene rings is 2. The van der Waals surface area contributed by atoms with E-state index in [0.717, 1.165) is 27.6 Å². The third-order valence-electron chi connectivity index (χ3n) is 4.92. The van der Waals surface area contributed by atoms with Gasteiger partial charge in [0.05, 0.1) is 16.8 Å². The van der Waals surface area contributed by atoms with Crippen molar-refractivity contribution < 1.29 is 9.53 Å². The van der Waals surface area contributed by atoms with Crippen LogP contribution in [0.25, 0.3) is 10.9 Å². The van der Waals surface area contributed by atoms with E-state index in [1.807, 2.05) is 80.6 Å². The van der Waals surface area contributed by atoms with Crippen molar-refractivity contribution in [3.8, 4) is 5.88 Å². The number of hydrogen-bond donors (Lipinski definition) is 1. The minimum Gasteiger partial charge on any atom is -0.473 e. The number of carbonyl (C=O) groups excluding carboxylic acids is 1. The molecule has 2 aromatic heterocycles. The van der Waals surface area contributed by atoms with Gasteiger partial charge in [0.1, 0.15) is 6.61 Å². The van der Waals surface area contributed by atoms with Crippen molar-refractivity contribution in [2.45, 2.75) is 27.0 Å². The van der Waals surface area contributed by atoms with E-state index in [1.165, 1.54) is 0 Å².